The number of rotatable bonds is 1. The van der Waals surface area contributed by atoms with E-state index in [0.29, 0.717) is 0 Å². The maximum absolute atomic E-state index is 2.74. The van der Waals surface area contributed by atoms with Crippen molar-refractivity contribution in [1.82, 2.24) is 0 Å². The zero-order valence-corrected chi connectivity index (χ0v) is 35.4. The molecule has 0 atom stereocenters. The Morgan fingerprint density at radius 3 is 1.96 bits per heavy atom. The van der Waals surface area contributed by atoms with Gasteiger partial charge in [0.05, 0.1) is 0 Å². The lowest BCUT2D eigenvalue weighted by molar-refractivity contribution is 0.332. The van der Waals surface area contributed by atoms with Crippen LogP contribution in [0.15, 0.2) is 141 Å². The molecule has 0 amide bonds. The van der Waals surface area contributed by atoms with E-state index in [2.05, 4.69) is 180 Å². The van der Waals surface area contributed by atoms with Gasteiger partial charge in [-0.25, -0.2) is 0 Å². The van der Waals surface area contributed by atoms with Crippen molar-refractivity contribution in [2.45, 2.75) is 97.1 Å². The molecule has 0 saturated heterocycles. The second kappa shape index (κ2) is 11.4. The highest BCUT2D eigenvalue weighted by atomic mass is 32.2. The van der Waals surface area contributed by atoms with Crippen LogP contribution in [0.4, 0.5) is 28.4 Å². The predicted molar refractivity (Wildman–Crippen MR) is 245 cm³/mol. The van der Waals surface area contributed by atoms with Gasteiger partial charge in [0, 0.05) is 59.0 Å². The van der Waals surface area contributed by atoms with E-state index in [1.165, 1.54) is 122 Å². The molecule has 0 radical (unpaired) electrons. The van der Waals surface area contributed by atoms with E-state index in [1.807, 2.05) is 23.5 Å². The second-order valence-corrected chi connectivity index (χ2v) is 21.0. The molecule has 5 heteroatoms. The van der Waals surface area contributed by atoms with Crippen molar-refractivity contribution < 1.29 is 0 Å². The topological polar surface area (TPSA) is 6.48 Å². The normalized spacial score (nSPS) is 18.1. The number of hydrogen-bond acceptors (Lipinski definition) is 4. The summed E-state index contributed by atoms with van der Waals surface area (Å²) in [4.78, 5) is 10.8. The van der Waals surface area contributed by atoms with E-state index < -0.39 is 0 Å². The first-order chi connectivity index (χ1) is 27.4. The van der Waals surface area contributed by atoms with Crippen molar-refractivity contribution in [3.05, 3.63) is 149 Å². The Hall–Kier alpha value is -4.84. The predicted octanol–water partition coefficient (Wildman–Crippen LogP) is 13.5. The van der Waals surface area contributed by atoms with E-state index in [0.717, 1.165) is 0 Å². The maximum atomic E-state index is 2.74. The molecule has 2 nitrogen and oxygen atoms in total. The molecule has 0 unspecified atom stereocenters. The number of nitrogens with zero attached hydrogens (tertiary/aromatic N) is 2. The van der Waals surface area contributed by atoms with Gasteiger partial charge in [0.15, 0.2) is 0 Å². The van der Waals surface area contributed by atoms with E-state index in [1.54, 1.807) is 0 Å². The van der Waals surface area contributed by atoms with E-state index in [9.17, 15) is 0 Å². The van der Waals surface area contributed by atoms with Crippen LogP contribution < -0.4 is 20.6 Å². The van der Waals surface area contributed by atoms with Crippen LogP contribution in [0.3, 0.4) is 0 Å². The van der Waals surface area contributed by atoms with E-state index >= 15 is 0 Å². The second-order valence-electron chi connectivity index (χ2n) is 18.8. The number of anilines is 5. The molecule has 0 fully saturated rings. The molecule has 4 heterocycles. The minimum Gasteiger partial charge on any atom is -0.376 e. The highest BCUT2D eigenvalue weighted by Crippen LogP contribution is 2.59. The summed E-state index contributed by atoms with van der Waals surface area (Å²) in [5, 5.41) is 2.62. The van der Waals surface area contributed by atoms with Crippen molar-refractivity contribution >= 4 is 80.5 Å². The third-order valence-electron chi connectivity index (χ3n) is 14.2. The smallest absolute Gasteiger partial charge is 0.333 e. The van der Waals surface area contributed by atoms with Crippen LogP contribution in [0.5, 0.6) is 0 Å². The SMILES string of the molecule is Cc1cc2c(cc1N1c3cc4c(cc3B3c5c1cc1ccccc1c5-c1cccc5c1N3c1ccccc1C5(C)C)Sc1ccccc1S4)C(C)(C)CCC2(C)C. The van der Waals surface area contributed by atoms with Crippen molar-refractivity contribution in [2.24, 2.45) is 0 Å². The fraction of sp³-hybridized carbons (Fsp3) is 0.231. The molecule has 278 valence electrons. The molecular weight excluding hydrogens is 728 g/mol. The van der Waals surface area contributed by atoms with Gasteiger partial charge < -0.3 is 9.71 Å². The fourth-order valence-corrected chi connectivity index (χ4v) is 13.4. The summed E-state index contributed by atoms with van der Waals surface area (Å²) < 4.78 is 0. The van der Waals surface area contributed by atoms with Gasteiger partial charge in [0.1, 0.15) is 0 Å². The molecule has 4 aliphatic heterocycles. The van der Waals surface area contributed by atoms with Crippen LogP contribution in [-0.2, 0) is 16.2 Å². The lowest BCUT2D eigenvalue weighted by atomic mass is 9.42. The molecule has 5 aliphatic rings. The highest BCUT2D eigenvalue weighted by Gasteiger charge is 2.51. The van der Waals surface area contributed by atoms with Gasteiger partial charge in [-0.05, 0) is 128 Å². The number of hydrogen-bond donors (Lipinski definition) is 0. The summed E-state index contributed by atoms with van der Waals surface area (Å²) in [5.74, 6) is 0. The lowest BCUT2D eigenvalue weighted by Gasteiger charge is -2.51. The van der Waals surface area contributed by atoms with Crippen molar-refractivity contribution in [2.75, 3.05) is 9.71 Å². The number of aryl methyl sites for hydroxylation is 1. The van der Waals surface area contributed by atoms with Gasteiger partial charge >= 0.3 is 6.85 Å². The van der Waals surface area contributed by atoms with Gasteiger partial charge in [0.25, 0.3) is 0 Å². The molecular formula is C52H45BN2S2. The van der Waals surface area contributed by atoms with E-state index in [4.69, 9.17) is 0 Å². The summed E-state index contributed by atoms with van der Waals surface area (Å²) in [7, 11) is 0. The minimum atomic E-state index is -0.153. The standard InChI is InChI=1S/C52H45BN2S2/c1-30-25-36-37(51(4,5)24-23-50(36,2)3)27-40(30)54-41-29-46-45(56-43-21-12-13-22-44(43)57-46)28-38(41)53-48-42(54)26-31-15-8-9-16-32(31)47(48)33-17-14-19-35-49(33)55(53)39-20-11-10-18-34(39)52(35,6)7/h8-22,25-29H,23-24H2,1-7H3. The maximum Gasteiger partial charge on any atom is 0.333 e. The van der Waals surface area contributed by atoms with Gasteiger partial charge in [-0.15, -0.1) is 0 Å². The van der Waals surface area contributed by atoms with Gasteiger partial charge in [-0.2, -0.15) is 0 Å². The van der Waals surface area contributed by atoms with E-state index in [-0.39, 0.29) is 23.1 Å². The third-order valence-corrected chi connectivity index (χ3v) is 16.8. The van der Waals surface area contributed by atoms with Gasteiger partial charge in [0.2, 0.25) is 0 Å². The average Bonchev–Trinajstić information content (AvgIpc) is 3.20. The Morgan fingerprint density at radius 1 is 0.544 bits per heavy atom. The van der Waals surface area contributed by atoms with Gasteiger partial charge in [-0.1, -0.05) is 144 Å². The molecule has 0 bridgehead atoms. The summed E-state index contributed by atoms with van der Waals surface area (Å²) in [5.41, 5.74) is 19.3. The number of benzene rings is 7. The van der Waals surface area contributed by atoms with Crippen LogP contribution in [-0.4, -0.2) is 6.85 Å². The lowest BCUT2D eigenvalue weighted by Crippen LogP contribution is -2.63. The first kappa shape index (κ1) is 34.2. The van der Waals surface area contributed by atoms with Crippen LogP contribution in [0.25, 0.3) is 21.9 Å². The van der Waals surface area contributed by atoms with Crippen molar-refractivity contribution in [1.29, 1.82) is 0 Å². The van der Waals surface area contributed by atoms with Crippen LogP contribution in [0.2, 0.25) is 0 Å². The molecule has 0 aromatic heterocycles. The first-order valence-electron chi connectivity index (χ1n) is 20.6. The molecule has 7 aromatic rings. The summed E-state index contributed by atoms with van der Waals surface area (Å²) in [6, 6.07) is 47.2. The molecule has 1 aliphatic carbocycles. The fourth-order valence-electron chi connectivity index (χ4n) is 11.1. The van der Waals surface area contributed by atoms with Gasteiger partial charge in [-0.3, -0.25) is 0 Å². The number of para-hydroxylation sites is 2. The largest absolute Gasteiger partial charge is 0.376 e. The molecule has 0 spiro atoms. The summed E-state index contributed by atoms with van der Waals surface area (Å²) >= 11 is 3.86. The summed E-state index contributed by atoms with van der Waals surface area (Å²) in [6.45, 7) is 17.0. The van der Waals surface area contributed by atoms with Crippen molar-refractivity contribution in [3.8, 4) is 11.1 Å². The first-order valence-corrected chi connectivity index (χ1v) is 22.2. The van der Waals surface area contributed by atoms with Crippen LogP contribution in [0, 0.1) is 6.92 Å². The quantitative estimate of drug-likeness (QED) is 0.153. The Kier molecular flexibility index (Phi) is 6.86. The van der Waals surface area contributed by atoms with Crippen molar-refractivity contribution in [3.63, 3.8) is 0 Å². The molecule has 7 aromatic carbocycles. The Balaban J connectivity index is 1.23. The Bertz CT molecular complexity index is 2940. The van der Waals surface area contributed by atoms with Crippen LogP contribution >= 0.6 is 23.5 Å². The Labute approximate surface area is 345 Å². The Morgan fingerprint density at radius 2 is 1.19 bits per heavy atom. The molecule has 0 saturated carbocycles. The van der Waals surface area contributed by atoms with Crippen LogP contribution in [0.1, 0.15) is 82.2 Å². The monoisotopic (exact) mass is 772 g/mol. The minimum absolute atomic E-state index is 0.0156. The highest BCUT2D eigenvalue weighted by molar-refractivity contribution is 8.05. The zero-order valence-electron chi connectivity index (χ0n) is 33.7. The number of fused-ring (bicyclic) bond motifs is 11. The molecule has 12 rings (SSSR count). The zero-order chi connectivity index (χ0) is 38.7. The molecule has 57 heavy (non-hydrogen) atoms. The third kappa shape index (κ3) is 4.53. The molecule has 0 N–H and O–H groups in total. The summed E-state index contributed by atoms with van der Waals surface area (Å²) in [6.07, 6.45) is 2.39. The average molecular weight is 773 g/mol.